The summed E-state index contributed by atoms with van der Waals surface area (Å²) in [5, 5.41) is 10.3. The number of unbranched alkanes of at least 4 members (excludes halogenated alkanes) is 1. The van der Waals surface area contributed by atoms with Crippen LogP contribution in [0.3, 0.4) is 0 Å². The molecule has 6 heteroatoms. The van der Waals surface area contributed by atoms with Gasteiger partial charge >= 0.3 is 0 Å². The van der Waals surface area contributed by atoms with Gasteiger partial charge in [0.05, 0.1) is 11.9 Å². The van der Waals surface area contributed by atoms with Crippen LogP contribution in [0.4, 0.5) is 0 Å². The third-order valence-corrected chi connectivity index (χ3v) is 4.69. The smallest absolute Gasteiger partial charge is 0.274 e. The quantitative estimate of drug-likeness (QED) is 0.749. The molecule has 2 aromatic heterocycles. The molecule has 0 saturated heterocycles. The number of benzene rings is 1. The molecule has 0 aliphatic rings. The molecule has 0 unspecified atom stereocenters. The van der Waals surface area contributed by atoms with Crippen molar-refractivity contribution in [2.45, 2.75) is 32.9 Å². The standard InChI is InChI=1S/C18H19N3O2S/c1-2-3-10-21-18(23)15-9-5-4-8-14(15)16(20-21)17(22)19-12-13-7-6-11-24-13/h4-9,11H,2-3,10,12H2,1H3,(H,19,22). The first-order valence-corrected chi connectivity index (χ1v) is 8.89. The Kier molecular flexibility index (Phi) is 5.05. The van der Waals surface area contributed by atoms with Gasteiger partial charge in [-0.3, -0.25) is 9.59 Å². The highest BCUT2D eigenvalue weighted by Gasteiger charge is 2.16. The third kappa shape index (κ3) is 3.38. The summed E-state index contributed by atoms with van der Waals surface area (Å²) < 4.78 is 1.41. The number of hydrogen-bond acceptors (Lipinski definition) is 4. The molecular formula is C18H19N3O2S. The van der Waals surface area contributed by atoms with E-state index in [1.165, 1.54) is 4.68 Å². The van der Waals surface area contributed by atoms with Crippen molar-refractivity contribution >= 4 is 28.0 Å². The summed E-state index contributed by atoms with van der Waals surface area (Å²) in [7, 11) is 0. The first-order chi connectivity index (χ1) is 11.7. The van der Waals surface area contributed by atoms with E-state index in [-0.39, 0.29) is 11.5 Å². The number of rotatable bonds is 6. The molecule has 24 heavy (non-hydrogen) atoms. The molecule has 2 heterocycles. The van der Waals surface area contributed by atoms with Gasteiger partial charge in [0.25, 0.3) is 11.5 Å². The summed E-state index contributed by atoms with van der Waals surface area (Å²) in [6.45, 7) is 3.03. The molecule has 0 bridgehead atoms. The van der Waals surface area contributed by atoms with E-state index in [1.807, 2.05) is 23.6 Å². The normalized spacial score (nSPS) is 10.9. The van der Waals surface area contributed by atoms with E-state index in [2.05, 4.69) is 17.3 Å². The number of carbonyl (C=O) groups excluding carboxylic acids is 1. The van der Waals surface area contributed by atoms with E-state index < -0.39 is 0 Å². The molecule has 0 aliphatic carbocycles. The van der Waals surface area contributed by atoms with Gasteiger partial charge in [-0.15, -0.1) is 11.3 Å². The minimum atomic E-state index is -0.259. The first-order valence-electron chi connectivity index (χ1n) is 8.01. The lowest BCUT2D eigenvalue weighted by molar-refractivity contribution is 0.0945. The fourth-order valence-electron chi connectivity index (χ4n) is 2.53. The summed E-state index contributed by atoms with van der Waals surface area (Å²) >= 11 is 1.59. The Morgan fingerprint density at radius 3 is 2.71 bits per heavy atom. The highest BCUT2D eigenvalue weighted by atomic mass is 32.1. The summed E-state index contributed by atoms with van der Waals surface area (Å²) in [5.41, 5.74) is 0.159. The highest BCUT2D eigenvalue weighted by Crippen LogP contribution is 2.14. The Morgan fingerprint density at radius 1 is 1.21 bits per heavy atom. The third-order valence-electron chi connectivity index (χ3n) is 3.81. The monoisotopic (exact) mass is 341 g/mol. The number of aryl methyl sites for hydroxylation is 1. The number of hydrogen-bond donors (Lipinski definition) is 1. The fraction of sp³-hybridized carbons (Fsp3) is 0.278. The van der Waals surface area contributed by atoms with Crippen LogP contribution in [0.1, 0.15) is 35.1 Å². The summed E-state index contributed by atoms with van der Waals surface area (Å²) in [6, 6.07) is 11.1. The maximum atomic E-state index is 12.6. The molecule has 5 nitrogen and oxygen atoms in total. The molecule has 3 rings (SSSR count). The molecule has 3 aromatic rings. The Labute approximate surface area is 143 Å². The fourth-order valence-corrected chi connectivity index (χ4v) is 3.17. The predicted molar refractivity (Wildman–Crippen MR) is 96.4 cm³/mol. The molecule has 124 valence electrons. The van der Waals surface area contributed by atoms with Crippen LogP contribution in [0.25, 0.3) is 10.8 Å². The average molecular weight is 341 g/mol. The lowest BCUT2D eigenvalue weighted by atomic mass is 10.1. The SMILES string of the molecule is CCCCn1nc(C(=O)NCc2cccs2)c2ccccc2c1=O. The van der Waals surface area contributed by atoms with Gasteiger partial charge in [0, 0.05) is 16.8 Å². The van der Waals surface area contributed by atoms with Crippen LogP contribution in [0.5, 0.6) is 0 Å². The second kappa shape index (κ2) is 7.40. The summed E-state index contributed by atoms with van der Waals surface area (Å²) in [4.78, 5) is 26.2. The molecule has 1 amide bonds. The predicted octanol–water partition coefficient (Wildman–Crippen LogP) is 3.19. The molecule has 0 radical (unpaired) electrons. The molecule has 1 aromatic carbocycles. The molecule has 1 N–H and O–H groups in total. The lowest BCUT2D eigenvalue weighted by Crippen LogP contribution is -2.30. The Bertz CT molecular complexity index is 900. The van der Waals surface area contributed by atoms with Crippen LogP contribution in [0, 0.1) is 0 Å². The van der Waals surface area contributed by atoms with E-state index in [9.17, 15) is 9.59 Å². The molecular weight excluding hydrogens is 322 g/mol. The molecule has 0 spiro atoms. The van der Waals surface area contributed by atoms with Gasteiger partial charge in [0.15, 0.2) is 5.69 Å². The van der Waals surface area contributed by atoms with E-state index in [0.717, 1.165) is 17.7 Å². The van der Waals surface area contributed by atoms with Crippen molar-refractivity contribution in [3.63, 3.8) is 0 Å². The molecule has 0 atom stereocenters. The molecule has 0 aliphatic heterocycles. The van der Waals surface area contributed by atoms with Gasteiger partial charge in [-0.1, -0.05) is 37.6 Å². The number of carbonyl (C=O) groups is 1. The van der Waals surface area contributed by atoms with Gasteiger partial charge in [-0.2, -0.15) is 5.10 Å². The van der Waals surface area contributed by atoms with Gasteiger partial charge in [-0.05, 0) is 23.9 Å². The zero-order valence-electron chi connectivity index (χ0n) is 13.5. The van der Waals surface area contributed by atoms with Crippen LogP contribution >= 0.6 is 11.3 Å². The van der Waals surface area contributed by atoms with Crippen LogP contribution in [-0.4, -0.2) is 15.7 Å². The molecule has 0 saturated carbocycles. The minimum absolute atomic E-state index is 0.145. The van der Waals surface area contributed by atoms with Crippen LogP contribution in [-0.2, 0) is 13.1 Å². The van der Waals surface area contributed by atoms with Gasteiger partial charge < -0.3 is 5.32 Å². The lowest BCUT2D eigenvalue weighted by Gasteiger charge is -2.10. The average Bonchev–Trinajstić information content (AvgIpc) is 3.13. The van der Waals surface area contributed by atoms with Gasteiger partial charge in [0.2, 0.25) is 0 Å². The van der Waals surface area contributed by atoms with Crippen molar-refractivity contribution in [1.29, 1.82) is 0 Å². The number of amides is 1. The van der Waals surface area contributed by atoms with E-state index in [1.54, 1.807) is 29.5 Å². The van der Waals surface area contributed by atoms with E-state index in [0.29, 0.717) is 29.6 Å². The second-order valence-electron chi connectivity index (χ2n) is 5.54. The van der Waals surface area contributed by atoms with Crippen LogP contribution in [0.15, 0.2) is 46.6 Å². The van der Waals surface area contributed by atoms with Crippen LogP contribution < -0.4 is 10.9 Å². The number of nitrogens with zero attached hydrogens (tertiary/aromatic N) is 2. The summed E-state index contributed by atoms with van der Waals surface area (Å²) in [6.07, 6.45) is 1.81. The van der Waals surface area contributed by atoms with Crippen molar-refractivity contribution in [3.05, 3.63) is 62.7 Å². The zero-order chi connectivity index (χ0) is 16.9. The number of nitrogens with one attached hydrogen (secondary N) is 1. The largest absolute Gasteiger partial charge is 0.346 e. The van der Waals surface area contributed by atoms with Gasteiger partial charge in [0.1, 0.15) is 0 Å². The van der Waals surface area contributed by atoms with Crippen molar-refractivity contribution in [2.24, 2.45) is 0 Å². The maximum Gasteiger partial charge on any atom is 0.274 e. The topological polar surface area (TPSA) is 64.0 Å². The number of aromatic nitrogens is 2. The van der Waals surface area contributed by atoms with Crippen molar-refractivity contribution in [2.75, 3.05) is 0 Å². The second-order valence-corrected chi connectivity index (χ2v) is 6.57. The van der Waals surface area contributed by atoms with Crippen LogP contribution in [0.2, 0.25) is 0 Å². The minimum Gasteiger partial charge on any atom is -0.346 e. The van der Waals surface area contributed by atoms with E-state index in [4.69, 9.17) is 0 Å². The van der Waals surface area contributed by atoms with Crippen molar-refractivity contribution < 1.29 is 4.79 Å². The van der Waals surface area contributed by atoms with Crippen molar-refractivity contribution in [1.82, 2.24) is 15.1 Å². The van der Waals surface area contributed by atoms with Crippen molar-refractivity contribution in [3.8, 4) is 0 Å². The highest BCUT2D eigenvalue weighted by molar-refractivity contribution is 7.09. The first kappa shape index (κ1) is 16.4. The maximum absolute atomic E-state index is 12.6. The van der Waals surface area contributed by atoms with Gasteiger partial charge in [-0.25, -0.2) is 4.68 Å². The van der Waals surface area contributed by atoms with E-state index >= 15 is 0 Å². The Hall–Kier alpha value is -2.47. The molecule has 0 fully saturated rings. The Balaban J connectivity index is 1.97. The summed E-state index contributed by atoms with van der Waals surface area (Å²) in [5.74, 6) is -0.259. The Morgan fingerprint density at radius 2 is 2.00 bits per heavy atom. The zero-order valence-corrected chi connectivity index (χ0v) is 14.3. The number of fused-ring (bicyclic) bond motifs is 1. The number of thiophene rings is 1.